The highest BCUT2D eigenvalue weighted by Crippen LogP contribution is 2.19. The summed E-state index contributed by atoms with van der Waals surface area (Å²) in [7, 11) is 0. The van der Waals surface area contributed by atoms with Crippen LogP contribution in [0.2, 0.25) is 0 Å². The summed E-state index contributed by atoms with van der Waals surface area (Å²) < 4.78 is 19.6. The molecule has 1 aromatic rings. The summed E-state index contributed by atoms with van der Waals surface area (Å²) in [5.41, 5.74) is 0.379. The van der Waals surface area contributed by atoms with Crippen molar-refractivity contribution >= 4 is 38.9 Å². The van der Waals surface area contributed by atoms with Crippen molar-refractivity contribution in [3.05, 3.63) is 28.5 Å². The number of quaternary nitrogens is 1. The lowest BCUT2D eigenvalue weighted by atomic mass is 10.3. The fraction of sp³-hybridized carbons (Fsp3) is 0.462. The van der Waals surface area contributed by atoms with Gasteiger partial charge in [0.05, 0.1) is 32.0 Å². The molecule has 0 aliphatic carbocycles. The SMILES string of the molecule is Fc1cc(Br)ccc1NC(=S)NCC[NH+]1CCOCC1. The van der Waals surface area contributed by atoms with Crippen molar-refractivity contribution in [2.45, 2.75) is 0 Å². The number of hydrogen-bond acceptors (Lipinski definition) is 2. The zero-order valence-electron chi connectivity index (χ0n) is 11.0. The van der Waals surface area contributed by atoms with Gasteiger partial charge >= 0.3 is 0 Å². The Labute approximate surface area is 131 Å². The molecule has 7 heteroatoms. The van der Waals surface area contributed by atoms with Crippen molar-refractivity contribution in [2.75, 3.05) is 44.7 Å². The van der Waals surface area contributed by atoms with Crippen molar-refractivity contribution in [1.29, 1.82) is 0 Å². The average molecular weight is 363 g/mol. The van der Waals surface area contributed by atoms with Crippen molar-refractivity contribution in [1.82, 2.24) is 5.32 Å². The van der Waals surface area contributed by atoms with Crippen molar-refractivity contribution in [3.63, 3.8) is 0 Å². The van der Waals surface area contributed by atoms with Crippen LogP contribution in [-0.4, -0.2) is 44.5 Å². The van der Waals surface area contributed by atoms with E-state index in [9.17, 15) is 4.39 Å². The molecule has 110 valence electrons. The fourth-order valence-electron chi connectivity index (χ4n) is 2.02. The highest BCUT2D eigenvalue weighted by molar-refractivity contribution is 9.10. The first kappa shape index (κ1) is 15.6. The molecular formula is C13H18BrFN3OS+. The molecular weight excluding hydrogens is 345 g/mol. The van der Waals surface area contributed by atoms with E-state index in [2.05, 4.69) is 26.6 Å². The molecule has 2 rings (SSSR count). The highest BCUT2D eigenvalue weighted by atomic mass is 79.9. The number of nitrogens with one attached hydrogen (secondary N) is 3. The quantitative estimate of drug-likeness (QED) is 0.692. The minimum Gasteiger partial charge on any atom is -0.370 e. The molecule has 1 aliphatic heterocycles. The maximum absolute atomic E-state index is 13.6. The second kappa shape index (κ2) is 7.87. The largest absolute Gasteiger partial charge is 0.370 e. The van der Waals surface area contributed by atoms with Gasteiger partial charge in [0.15, 0.2) is 5.11 Å². The van der Waals surface area contributed by atoms with E-state index in [-0.39, 0.29) is 5.82 Å². The van der Waals surface area contributed by atoms with Gasteiger partial charge < -0.3 is 20.3 Å². The fourth-order valence-corrected chi connectivity index (χ4v) is 2.57. The van der Waals surface area contributed by atoms with Gasteiger partial charge in [-0.1, -0.05) is 15.9 Å². The molecule has 1 fully saturated rings. The van der Waals surface area contributed by atoms with Crippen LogP contribution in [-0.2, 0) is 4.74 Å². The summed E-state index contributed by atoms with van der Waals surface area (Å²) in [4.78, 5) is 1.50. The summed E-state index contributed by atoms with van der Waals surface area (Å²) in [5.74, 6) is -0.331. The lowest BCUT2D eigenvalue weighted by Crippen LogP contribution is -3.14. The predicted octanol–water partition coefficient (Wildman–Crippen LogP) is 0.790. The number of anilines is 1. The highest BCUT2D eigenvalue weighted by Gasteiger charge is 2.13. The molecule has 4 nitrogen and oxygen atoms in total. The van der Waals surface area contributed by atoms with Gasteiger partial charge in [-0.25, -0.2) is 4.39 Å². The van der Waals surface area contributed by atoms with Gasteiger partial charge in [-0.3, -0.25) is 0 Å². The number of thiocarbonyl (C=S) groups is 1. The molecule has 1 saturated heterocycles. The third-order valence-corrected chi connectivity index (χ3v) is 3.88. The molecule has 20 heavy (non-hydrogen) atoms. The van der Waals surface area contributed by atoms with Gasteiger partial charge in [0.25, 0.3) is 0 Å². The summed E-state index contributed by atoms with van der Waals surface area (Å²) in [6.45, 7) is 5.45. The molecule has 0 saturated carbocycles. The van der Waals surface area contributed by atoms with Gasteiger partial charge in [-0.15, -0.1) is 0 Å². The molecule has 0 radical (unpaired) electrons. The molecule has 0 atom stereocenters. The Morgan fingerprint density at radius 3 is 2.85 bits per heavy atom. The van der Waals surface area contributed by atoms with E-state index in [1.54, 1.807) is 12.1 Å². The molecule has 1 aromatic carbocycles. The Kier molecular flexibility index (Phi) is 6.15. The van der Waals surface area contributed by atoms with E-state index in [0.29, 0.717) is 15.3 Å². The summed E-state index contributed by atoms with van der Waals surface area (Å²) >= 11 is 8.38. The summed E-state index contributed by atoms with van der Waals surface area (Å²) in [6, 6.07) is 4.83. The molecule has 0 amide bonds. The number of rotatable bonds is 4. The standard InChI is InChI=1S/C13H17BrFN3OS/c14-10-1-2-12(11(15)9-10)17-13(20)16-3-4-18-5-7-19-8-6-18/h1-2,9H,3-8H2,(H2,16,17,20)/p+1. The first-order valence-electron chi connectivity index (χ1n) is 6.56. The normalized spacial score (nSPS) is 15.9. The zero-order chi connectivity index (χ0) is 14.4. The lowest BCUT2D eigenvalue weighted by molar-refractivity contribution is -0.906. The van der Waals surface area contributed by atoms with E-state index in [0.717, 1.165) is 39.4 Å². The molecule has 0 spiro atoms. The Hall–Kier alpha value is -0.760. The van der Waals surface area contributed by atoms with Crippen LogP contribution >= 0.6 is 28.1 Å². The molecule has 0 unspecified atom stereocenters. The Bertz CT molecular complexity index is 469. The topological polar surface area (TPSA) is 37.7 Å². The smallest absolute Gasteiger partial charge is 0.171 e. The Morgan fingerprint density at radius 1 is 1.40 bits per heavy atom. The number of ether oxygens (including phenoxy) is 1. The number of hydrogen-bond donors (Lipinski definition) is 3. The van der Waals surface area contributed by atoms with Crippen LogP contribution in [0.25, 0.3) is 0 Å². The minimum absolute atomic E-state index is 0.331. The third kappa shape index (κ3) is 4.97. The van der Waals surface area contributed by atoms with Crippen molar-refractivity contribution in [2.24, 2.45) is 0 Å². The van der Waals surface area contributed by atoms with Crippen LogP contribution in [0, 0.1) is 5.82 Å². The van der Waals surface area contributed by atoms with E-state index < -0.39 is 0 Å². The van der Waals surface area contributed by atoms with Gasteiger partial charge in [0, 0.05) is 4.47 Å². The van der Waals surface area contributed by atoms with E-state index in [1.165, 1.54) is 11.0 Å². The monoisotopic (exact) mass is 362 g/mol. The van der Waals surface area contributed by atoms with Crippen LogP contribution < -0.4 is 15.5 Å². The molecule has 3 N–H and O–H groups in total. The summed E-state index contributed by atoms with van der Waals surface area (Å²) in [5, 5.41) is 6.41. The van der Waals surface area contributed by atoms with Crippen LogP contribution in [0.5, 0.6) is 0 Å². The second-order valence-electron chi connectivity index (χ2n) is 4.62. The first-order valence-corrected chi connectivity index (χ1v) is 7.76. The average Bonchev–Trinajstić information content (AvgIpc) is 2.43. The Morgan fingerprint density at radius 2 is 2.15 bits per heavy atom. The van der Waals surface area contributed by atoms with Gasteiger partial charge in [0.2, 0.25) is 0 Å². The summed E-state index contributed by atoms with van der Waals surface area (Å²) in [6.07, 6.45) is 0. The van der Waals surface area contributed by atoms with Gasteiger partial charge in [-0.05, 0) is 30.4 Å². The molecule has 1 aliphatic rings. The van der Waals surface area contributed by atoms with Crippen LogP contribution in [0.15, 0.2) is 22.7 Å². The van der Waals surface area contributed by atoms with Crippen LogP contribution in [0.4, 0.5) is 10.1 Å². The van der Waals surface area contributed by atoms with Crippen LogP contribution in [0.3, 0.4) is 0 Å². The van der Waals surface area contributed by atoms with Crippen molar-refractivity contribution < 1.29 is 14.0 Å². The molecule has 0 aromatic heterocycles. The maximum atomic E-state index is 13.6. The Balaban J connectivity index is 1.72. The van der Waals surface area contributed by atoms with E-state index >= 15 is 0 Å². The van der Waals surface area contributed by atoms with Crippen LogP contribution in [0.1, 0.15) is 0 Å². The molecule has 0 bridgehead atoms. The van der Waals surface area contributed by atoms with Gasteiger partial charge in [-0.2, -0.15) is 0 Å². The minimum atomic E-state index is -0.331. The second-order valence-corrected chi connectivity index (χ2v) is 5.94. The lowest BCUT2D eigenvalue weighted by Gasteiger charge is -2.24. The maximum Gasteiger partial charge on any atom is 0.171 e. The van der Waals surface area contributed by atoms with E-state index in [1.807, 2.05) is 0 Å². The number of morpholine rings is 1. The molecule has 1 heterocycles. The van der Waals surface area contributed by atoms with Crippen molar-refractivity contribution in [3.8, 4) is 0 Å². The third-order valence-electron chi connectivity index (χ3n) is 3.14. The number of halogens is 2. The van der Waals surface area contributed by atoms with Gasteiger partial charge in [0.1, 0.15) is 18.9 Å². The zero-order valence-corrected chi connectivity index (χ0v) is 13.4. The predicted molar refractivity (Wildman–Crippen MR) is 84.7 cm³/mol. The first-order chi connectivity index (χ1) is 9.65. The number of benzene rings is 1. The van der Waals surface area contributed by atoms with E-state index in [4.69, 9.17) is 17.0 Å².